The number of rotatable bonds is 3. The van der Waals surface area contributed by atoms with E-state index in [1.807, 2.05) is 0 Å². The molecule has 2 aliphatic rings. The van der Waals surface area contributed by atoms with Gasteiger partial charge in [-0.2, -0.15) is 0 Å². The van der Waals surface area contributed by atoms with Gasteiger partial charge >= 0.3 is 0 Å². The predicted molar refractivity (Wildman–Crippen MR) is 127 cm³/mol. The number of hydrogen-bond acceptors (Lipinski definition) is 0. The van der Waals surface area contributed by atoms with Gasteiger partial charge in [-0.25, -0.2) is 0 Å². The van der Waals surface area contributed by atoms with Gasteiger partial charge in [0, 0.05) is 0 Å². The number of hydrogen-bond donors (Lipinski definition) is 0. The van der Waals surface area contributed by atoms with E-state index in [1.165, 1.54) is 55.6 Å². The Balaban J connectivity index is 1.36. The molecule has 2 unspecified atom stereocenters. The van der Waals surface area contributed by atoms with Crippen molar-refractivity contribution in [1.82, 2.24) is 0 Å². The van der Waals surface area contributed by atoms with Crippen molar-refractivity contribution in [2.75, 3.05) is 0 Å². The fourth-order valence-electron chi connectivity index (χ4n) is 5.24. The standard InChI is InChI=1S/C28H20Cl2/c29-27-23-11-3-1-9-19(23)21-13-5-7-17(25(21)27)15-16-18-8-6-14-22-20-10-2-4-12-24(20)28(30)26(18)22/h1-14,27-28H,15-16H2. The second kappa shape index (κ2) is 7.01. The van der Waals surface area contributed by atoms with Crippen molar-refractivity contribution in [1.29, 1.82) is 0 Å². The summed E-state index contributed by atoms with van der Waals surface area (Å²) in [5.41, 5.74) is 12.8. The van der Waals surface area contributed by atoms with E-state index in [1.54, 1.807) is 0 Å². The van der Waals surface area contributed by atoms with Crippen LogP contribution in [0.15, 0.2) is 84.9 Å². The summed E-state index contributed by atoms with van der Waals surface area (Å²) in [5, 5.41) is -0.141. The lowest BCUT2D eigenvalue weighted by atomic mass is 9.93. The zero-order valence-corrected chi connectivity index (χ0v) is 17.9. The summed E-state index contributed by atoms with van der Waals surface area (Å²) in [5.74, 6) is 0. The van der Waals surface area contributed by atoms with Crippen LogP contribution in [0, 0.1) is 0 Å². The molecule has 2 aliphatic carbocycles. The minimum Gasteiger partial charge on any atom is -0.113 e. The third kappa shape index (κ3) is 2.61. The molecule has 2 atom stereocenters. The molecule has 0 nitrogen and oxygen atoms in total. The van der Waals surface area contributed by atoms with Gasteiger partial charge in [-0.3, -0.25) is 0 Å². The molecule has 4 aromatic rings. The van der Waals surface area contributed by atoms with Crippen molar-refractivity contribution < 1.29 is 0 Å². The monoisotopic (exact) mass is 426 g/mol. The van der Waals surface area contributed by atoms with Gasteiger partial charge in [0.25, 0.3) is 0 Å². The Morgan fingerprint density at radius 2 is 0.867 bits per heavy atom. The molecule has 0 saturated heterocycles. The molecule has 0 spiro atoms. The first-order chi connectivity index (χ1) is 14.7. The van der Waals surface area contributed by atoms with Crippen molar-refractivity contribution in [2.24, 2.45) is 0 Å². The molecule has 0 fully saturated rings. The average molecular weight is 427 g/mol. The van der Waals surface area contributed by atoms with Gasteiger partial charge in [0.1, 0.15) is 0 Å². The topological polar surface area (TPSA) is 0 Å². The van der Waals surface area contributed by atoms with E-state index in [2.05, 4.69) is 84.9 Å². The van der Waals surface area contributed by atoms with Gasteiger partial charge < -0.3 is 0 Å². The van der Waals surface area contributed by atoms with Crippen molar-refractivity contribution >= 4 is 23.2 Å². The minimum atomic E-state index is -0.0704. The van der Waals surface area contributed by atoms with Crippen LogP contribution < -0.4 is 0 Å². The highest BCUT2D eigenvalue weighted by atomic mass is 35.5. The normalized spacial score (nSPS) is 17.9. The lowest BCUT2D eigenvalue weighted by Gasteiger charge is -2.15. The van der Waals surface area contributed by atoms with Crippen molar-refractivity contribution in [3.05, 3.63) is 118 Å². The van der Waals surface area contributed by atoms with Crippen LogP contribution in [0.25, 0.3) is 22.3 Å². The highest BCUT2D eigenvalue weighted by Crippen LogP contribution is 2.50. The van der Waals surface area contributed by atoms with Crippen LogP contribution in [-0.4, -0.2) is 0 Å². The molecule has 0 saturated carbocycles. The second-order valence-corrected chi connectivity index (χ2v) is 9.03. The zero-order chi connectivity index (χ0) is 20.2. The average Bonchev–Trinajstić information content (AvgIpc) is 3.26. The Kier molecular flexibility index (Phi) is 4.26. The van der Waals surface area contributed by atoms with Crippen molar-refractivity contribution in [3.63, 3.8) is 0 Å². The number of halogens is 2. The lowest BCUT2D eigenvalue weighted by molar-refractivity contribution is 0.922. The summed E-state index contributed by atoms with van der Waals surface area (Å²) in [4.78, 5) is 0. The van der Waals surface area contributed by atoms with Crippen LogP contribution in [0.5, 0.6) is 0 Å². The highest BCUT2D eigenvalue weighted by Gasteiger charge is 2.30. The summed E-state index contributed by atoms with van der Waals surface area (Å²) in [6, 6.07) is 30.2. The largest absolute Gasteiger partial charge is 0.113 e. The third-order valence-corrected chi connectivity index (χ3v) is 7.52. The summed E-state index contributed by atoms with van der Waals surface area (Å²) >= 11 is 13.8. The quantitative estimate of drug-likeness (QED) is 0.290. The molecule has 4 aromatic carbocycles. The molecule has 30 heavy (non-hydrogen) atoms. The molecule has 0 amide bonds. The van der Waals surface area contributed by atoms with E-state index in [4.69, 9.17) is 23.2 Å². The van der Waals surface area contributed by atoms with Crippen LogP contribution in [0.1, 0.15) is 44.1 Å². The molecule has 6 rings (SSSR count). The second-order valence-electron chi connectivity index (χ2n) is 8.16. The summed E-state index contributed by atoms with van der Waals surface area (Å²) in [6.45, 7) is 0. The fraction of sp³-hybridized carbons (Fsp3) is 0.143. The molecule has 0 radical (unpaired) electrons. The molecule has 0 N–H and O–H groups in total. The number of alkyl halides is 2. The Bertz CT molecular complexity index is 1190. The first-order valence-electron chi connectivity index (χ1n) is 10.4. The van der Waals surface area contributed by atoms with Gasteiger partial charge in [-0.05, 0) is 68.5 Å². The maximum Gasteiger partial charge on any atom is 0.0850 e. The van der Waals surface area contributed by atoms with Crippen LogP contribution >= 0.6 is 23.2 Å². The fourth-order valence-corrected chi connectivity index (χ4v) is 6.13. The first kappa shape index (κ1) is 18.2. The number of fused-ring (bicyclic) bond motifs is 6. The molecular weight excluding hydrogens is 407 g/mol. The van der Waals surface area contributed by atoms with E-state index < -0.39 is 0 Å². The molecule has 146 valence electrons. The predicted octanol–water partition coefficient (Wildman–Crippen LogP) is 8.09. The SMILES string of the molecule is ClC1c2ccccc2-c2cccc(CCc3cccc4c3C(Cl)c3ccccc3-4)c21. The molecule has 0 bridgehead atoms. The van der Waals surface area contributed by atoms with E-state index in [9.17, 15) is 0 Å². The Labute approximate surface area is 187 Å². The molecule has 0 heterocycles. The Morgan fingerprint density at radius 1 is 0.467 bits per heavy atom. The smallest absolute Gasteiger partial charge is 0.0850 e. The molecule has 0 aliphatic heterocycles. The van der Waals surface area contributed by atoms with Crippen molar-refractivity contribution in [3.8, 4) is 22.3 Å². The minimum absolute atomic E-state index is 0.0704. The highest BCUT2D eigenvalue weighted by molar-refractivity contribution is 6.25. The van der Waals surface area contributed by atoms with Gasteiger partial charge in [0.15, 0.2) is 0 Å². The number of benzene rings is 4. The van der Waals surface area contributed by atoms with Crippen molar-refractivity contribution in [2.45, 2.75) is 23.6 Å². The lowest BCUT2D eigenvalue weighted by Crippen LogP contribution is -2.01. The van der Waals surface area contributed by atoms with Gasteiger partial charge in [0.2, 0.25) is 0 Å². The zero-order valence-electron chi connectivity index (χ0n) is 16.4. The maximum atomic E-state index is 6.92. The Morgan fingerprint density at radius 3 is 1.33 bits per heavy atom. The summed E-state index contributed by atoms with van der Waals surface area (Å²) in [7, 11) is 0. The Hall–Kier alpha value is -2.54. The van der Waals surface area contributed by atoms with E-state index in [0.717, 1.165) is 12.8 Å². The van der Waals surface area contributed by atoms with Gasteiger partial charge in [0.05, 0.1) is 10.8 Å². The van der Waals surface area contributed by atoms with Gasteiger partial charge in [-0.15, -0.1) is 23.2 Å². The maximum absolute atomic E-state index is 6.92. The van der Waals surface area contributed by atoms with Gasteiger partial charge in [-0.1, -0.05) is 84.9 Å². The summed E-state index contributed by atoms with van der Waals surface area (Å²) < 4.78 is 0. The van der Waals surface area contributed by atoms with E-state index >= 15 is 0 Å². The molecule has 0 aromatic heterocycles. The molecular formula is C28H20Cl2. The number of aryl methyl sites for hydroxylation is 2. The first-order valence-corrected chi connectivity index (χ1v) is 11.3. The van der Waals surface area contributed by atoms with E-state index in [0.29, 0.717) is 0 Å². The van der Waals surface area contributed by atoms with Crippen LogP contribution in [0.4, 0.5) is 0 Å². The van der Waals surface area contributed by atoms with Crippen LogP contribution in [0.2, 0.25) is 0 Å². The van der Waals surface area contributed by atoms with Crippen LogP contribution in [-0.2, 0) is 12.8 Å². The molecule has 2 heteroatoms. The van der Waals surface area contributed by atoms with E-state index in [-0.39, 0.29) is 10.8 Å². The third-order valence-electron chi connectivity index (χ3n) is 6.61. The van der Waals surface area contributed by atoms with Crippen LogP contribution in [0.3, 0.4) is 0 Å². The summed E-state index contributed by atoms with van der Waals surface area (Å²) in [6.07, 6.45) is 1.91.